The van der Waals surface area contributed by atoms with Gasteiger partial charge in [0.15, 0.2) is 10.8 Å². The van der Waals surface area contributed by atoms with E-state index in [0.717, 1.165) is 26.6 Å². The number of aromatic amines is 1. The lowest BCUT2D eigenvalue weighted by Gasteiger charge is -1.95. The van der Waals surface area contributed by atoms with Gasteiger partial charge in [0.25, 0.3) is 0 Å². The standard InChI is InChI=1S/C12H8BrN3S/c13-9-3-1-8(2-4-9)10-7-17-12(16-10)11-14-5-6-15-11/h1-7H,(H,14,15). The molecule has 0 unspecified atom stereocenters. The van der Waals surface area contributed by atoms with Crippen molar-refractivity contribution in [3.63, 3.8) is 0 Å². The Morgan fingerprint density at radius 1 is 1.18 bits per heavy atom. The van der Waals surface area contributed by atoms with E-state index in [0.29, 0.717) is 0 Å². The van der Waals surface area contributed by atoms with Crippen LogP contribution < -0.4 is 0 Å². The highest BCUT2D eigenvalue weighted by Gasteiger charge is 2.07. The molecule has 0 fully saturated rings. The second kappa shape index (κ2) is 4.43. The van der Waals surface area contributed by atoms with Gasteiger partial charge in [-0.05, 0) is 12.1 Å². The van der Waals surface area contributed by atoms with Crippen LogP contribution >= 0.6 is 27.3 Å². The van der Waals surface area contributed by atoms with Crippen LogP contribution in [-0.4, -0.2) is 15.0 Å². The van der Waals surface area contributed by atoms with Crippen molar-refractivity contribution >= 4 is 27.3 Å². The van der Waals surface area contributed by atoms with E-state index in [1.165, 1.54) is 0 Å². The zero-order valence-electron chi connectivity index (χ0n) is 8.72. The molecule has 0 amide bonds. The Labute approximate surface area is 111 Å². The molecule has 0 saturated carbocycles. The van der Waals surface area contributed by atoms with Gasteiger partial charge in [-0.3, -0.25) is 0 Å². The number of H-pyrrole nitrogens is 1. The minimum Gasteiger partial charge on any atom is -0.343 e. The second-order valence-corrected chi connectivity index (χ2v) is 5.26. The highest BCUT2D eigenvalue weighted by Crippen LogP contribution is 2.27. The molecule has 2 aromatic heterocycles. The predicted molar refractivity (Wildman–Crippen MR) is 72.8 cm³/mol. The van der Waals surface area contributed by atoms with Crippen LogP contribution in [0.15, 0.2) is 46.5 Å². The normalized spacial score (nSPS) is 10.6. The number of imidazole rings is 1. The van der Waals surface area contributed by atoms with Crippen molar-refractivity contribution in [2.24, 2.45) is 0 Å². The molecular weight excluding hydrogens is 298 g/mol. The Hall–Kier alpha value is -1.46. The van der Waals surface area contributed by atoms with Gasteiger partial charge in [0.05, 0.1) is 5.69 Å². The first-order valence-electron chi connectivity index (χ1n) is 5.04. The second-order valence-electron chi connectivity index (χ2n) is 3.48. The highest BCUT2D eigenvalue weighted by molar-refractivity contribution is 9.10. The molecule has 1 N–H and O–H groups in total. The third-order valence-corrected chi connectivity index (χ3v) is 3.72. The Morgan fingerprint density at radius 3 is 2.71 bits per heavy atom. The maximum Gasteiger partial charge on any atom is 0.166 e. The molecule has 3 rings (SSSR count). The average molecular weight is 306 g/mol. The molecule has 0 aliphatic carbocycles. The summed E-state index contributed by atoms with van der Waals surface area (Å²) < 4.78 is 1.07. The Morgan fingerprint density at radius 2 is 2.00 bits per heavy atom. The third-order valence-electron chi connectivity index (χ3n) is 2.34. The van der Waals surface area contributed by atoms with E-state index in [9.17, 15) is 0 Å². The fourth-order valence-electron chi connectivity index (χ4n) is 1.52. The molecule has 0 saturated heterocycles. The smallest absolute Gasteiger partial charge is 0.166 e. The molecule has 0 spiro atoms. The molecule has 17 heavy (non-hydrogen) atoms. The number of aromatic nitrogens is 3. The largest absolute Gasteiger partial charge is 0.343 e. The summed E-state index contributed by atoms with van der Waals surface area (Å²) in [6, 6.07) is 8.12. The molecule has 0 radical (unpaired) electrons. The van der Waals surface area contributed by atoms with Gasteiger partial charge in [-0.2, -0.15) is 0 Å². The lowest BCUT2D eigenvalue weighted by molar-refractivity contribution is 1.27. The van der Waals surface area contributed by atoms with Crippen LogP contribution in [0.5, 0.6) is 0 Å². The zero-order valence-corrected chi connectivity index (χ0v) is 11.1. The van der Waals surface area contributed by atoms with Gasteiger partial charge in [0.2, 0.25) is 0 Å². The van der Waals surface area contributed by atoms with E-state index < -0.39 is 0 Å². The number of hydrogen-bond donors (Lipinski definition) is 1. The first kappa shape index (κ1) is 10.7. The number of thiazole rings is 1. The number of halogens is 1. The van der Waals surface area contributed by atoms with E-state index in [-0.39, 0.29) is 0 Å². The molecular formula is C12H8BrN3S. The summed E-state index contributed by atoms with van der Waals surface area (Å²) in [6.45, 7) is 0. The lowest BCUT2D eigenvalue weighted by atomic mass is 10.2. The summed E-state index contributed by atoms with van der Waals surface area (Å²) in [7, 11) is 0. The molecule has 3 aromatic rings. The van der Waals surface area contributed by atoms with Crippen molar-refractivity contribution in [2.75, 3.05) is 0 Å². The fourth-order valence-corrected chi connectivity index (χ4v) is 2.57. The Kier molecular flexibility index (Phi) is 2.78. The molecule has 0 bridgehead atoms. The van der Waals surface area contributed by atoms with Crippen LogP contribution in [0.4, 0.5) is 0 Å². The van der Waals surface area contributed by atoms with Crippen LogP contribution in [0.25, 0.3) is 22.1 Å². The number of nitrogens with one attached hydrogen (secondary N) is 1. The summed E-state index contributed by atoms with van der Waals surface area (Å²) in [6.07, 6.45) is 3.53. The summed E-state index contributed by atoms with van der Waals surface area (Å²) in [5, 5.41) is 2.95. The molecule has 0 atom stereocenters. The van der Waals surface area contributed by atoms with Crippen molar-refractivity contribution in [3.8, 4) is 22.1 Å². The number of hydrogen-bond acceptors (Lipinski definition) is 3. The number of benzene rings is 1. The van der Waals surface area contributed by atoms with Crippen molar-refractivity contribution < 1.29 is 0 Å². The van der Waals surface area contributed by atoms with Crippen LogP contribution in [0.3, 0.4) is 0 Å². The topological polar surface area (TPSA) is 41.6 Å². The van der Waals surface area contributed by atoms with E-state index in [4.69, 9.17) is 0 Å². The van der Waals surface area contributed by atoms with Crippen LogP contribution in [-0.2, 0) is 0 Å². The average Bonchev–Trinajstić information content (AvgIpc) is 3.00. The highest BCUT2D eigenvalue weighted by atomic mass is 79.9. The Balaban J connectivity index is 1.98. The van der Waals surface area contributed by atoms with Crippen molar-refractivity contribution in [3.05, 3.63) is 46.5 Å². The van der Waals surface area contributed by atoms with Gasteiger partial charge in [-0.15, -0.1) is 11.3 Å². The molecule has 3 nitrogen and oxygen atoms in total. The summed E-state index contributed by atoms with van der Waals surface area (Å²) in [5.74, 6) is 0.818. The van der Waals surface area contributed by atoms with E-state index in [1.54, 1.807) is 23.7 Å². The zero-order chi connectivity index (χ0) is 11.7. The molecule has 1 aromatic carbocycles. The summed E-state index contributed by atoms with van der Waals surface area (Å²) >= 11 is 5.01. The van der Waals surface area contributed by atoms with E-state index in [1.807, 2.05) is 29.6 Å². The van der Waals surface area contributed by atoms with Crippen molar-refractivity contribution in [1.82, 2.24) is 15.0 Å². The first-order chi connectivity index (χ1) is 8.33. The van der Waals surface area contributed by atoms with Crippen molar-refractivity contribution in [2.45, 2.75) is 0 Å². The van der Waals surface area contributed by atoms with Gasteiger partial charge in [-0.1, -0.05) is 28.1 Å². The maximum absolute atomic E-state index is 4.56. The van der Waals surface area contributed by atoms with Crippen LogP contribution in [0.2, 0.25) is 0 Å². The molecule has 0 aliphatic heterocycles. The summed E-state index contributed by atoms with van der Waals surface area (Å²) in [5.41, 5.74) is 2.09. The van der Waals surface area contributed by atoms with Gasteiger partial charge >= 0.3 is 0 Å². The first-order valence-corrected chi connectivity index (χ1v) is 6.71. The third kappa shape index (κ3) is 2.16. The van der Waals surface area contributed by atoms with Gasteiger partial charge in [0, 0.05) is 27.8 Å². The predicted octanol–water partition coefficient (Wildman–Crippen LogP) is 3.96. The lowest BCUT2D eigenvalue weighted by Crippen LogP contribution is -1.80. The van der Waals surface area contributed by atoms with Crippen LogP contribution in [0, 0.1) is 0 Å². The van der Waals surface area contributed by atoms with Gasteiger partial charge < -0.3 is 4.98 Å². The number of rotatable bonds is 2. The van der Waals surface area contributed by atoms with Gasteiger partial charge in [0.1, 0.15) is 0 Å². The Bertz CT molecular complexity index is 614. The summed E-state index contributed by atoms with van der Waals surface area (Å²) in [4.78, 5) is 11.8. The quantitative estimate of drug-likeness (QED) is 0.778. The minimum atomic E-state index is 0.818. The molecule has 0 aliphatic rings. The molecule has 5 heteroatoms. The van der Waals surface area contributed by atoms with Crippen molar-refractivity contribution in [1.29, 1.82) is 0 Å². The maximum atomic E-state index is 4.56. The van der Waals surface area contributed by atoms with E-state index >= 15 is 0 Å². The number of nitrogens with zero attached hydrogens (tertiary/aromatic N) is 2. The SMILES string of the molecule is Brc1ccc(-c2csc(-c3ncc[nH]3)n2)cc1. The van der Waals surface area contributed by atoms with Gasteiger partial charge in [-0.25, -0.2) is 9.97 Å². The van der Waals surface area contributed by atoms with Crippen LogP contribution in [0.1, 0.15) is 0 Å². The minimum absolute atomic E-state index is 0.818. The molecule has 2 heterocycles. The molecule has 84 valence electrons. The monoisotopic (exact) mass is 305 g/mol. The fraction of sp³-hybridized carbons (Fsp3) is 0. The van der Waals surface area contributed by atoms with E-state index in [2.05, 4.69) is 30.9 Å².